The molecule has 1 rings (SSSR count). The lowest BCUT2D eigenvalue weighted by Gasteiger charge is -2.08. The van der Waals surface area contributed by atoms with Gasteiger partial charge in [-0.25, -0.2) is 0 Å². The van der Waals surface area contributed by atoms with E-state index in [-0.39, 0.29) is 12.0 Å². The van der Waals surface area contributed by atoms with Gasteiger partial charge < -0.3 is 5.11 Å². The summed E-state index contributed by atoms with van der Waals surface area (Å²) in [4.78, 5) is 11.6. The van der Waals surface area contributed by atoms with E-state index in [4.69, 9.17) is 4.55 Å². The number of carbonyl (C=O) groups is 1. The normalized spacial score (nSPS) is 11.8. The topological polar surface area (TPSA) is 91.7 Å². The van der Waals surface area contributed by atoms with E-state index in [0.717, 1.165) is 25.3 Å². The molecule has 2 N–H and O–H groups in total. The van der Waals surface area contributed by atoms with E-state index in [9.17, 15) is 18.3 Å². The summed E-state index contributed by atoms with van der Waals surface area (Å²) in [6, 6.07) is 3.62. The first kappa shape index (κ1) is 17.7. The SMILES string of the molecule is CC(C)CCCCCC(=O)c1c(O)cccc1S(=O)(=O)O. The maximum absolute atomic E-state index is 12.1. The Labute approximate surface area is 125 Å². The van der Waals surface area contributed by atoms with Gasteiger partial charge in [0.2, 0.25) is 0 Å². The molecular weight excluding hydrogens is 292 g/mol. The number of phenolic OH excluding ortho intramolecular Hbond substituents is 1. The van der Waals surface area contributed by atoms with Crippen LogP contribution in [-0.4, -0.2) is 23.9 Å². The van der Waals surface area contributed by atoms with E-state index in [1.807, 2.05) is 0 Å². The molecule has 5 nitrogen and oxygen atoms in total. The predicted molar refractivity (Wildman–Crippen MR) is 80.2 cm³/mol. The average molecular weight is 314 g/mol. The van der Waals surface area contributed by atoms with Crippen LogP contribution in [0.2, 0.25) is 0 Å². The molecule has 0 saturated heterocycles. The second kappa shape index (κ2) is 7.56. The van der Waals surface area contributed by atoms with Crippen LogP contribution in [0.15, 0.2) is 23.1 Å². The lowest BCUT2D eigenvalue weighted by atomic mass is 10.0. The number of unbranched alkanes of at least 4 members (excludes halogenated alkanes) is 2. The zero-order valence-corrected chi connectivity index (χ0v) is 13.2. The molecule has 0 saturated carbocycles. The Morgan fingerprint density at radius 2 is 1.86 bits per heavy atom. The third kappa shape index (κ3) is 5.47. The van der Waals surface area contributed by atoms with Gasteiger partial charge in [0.05, 0.1) is 5.56 Å². The fraction of sp³-hybridized carbons (Fsp3) is 0.533. The highest BCUT2D eigenvalue weighted by Gasteiger charge is 2.23. The van der Waals surface area contributed by atoms with Gasteiger partial charge >= 0.3 is 0 Å². The highest BCUT2D eigenvalue weighted by atomic mass is 32.2. The lowest BCUT2D eigenvalue weighted by molar-refractivity contribution is 0.0972. The largest absolute Gasteiger partial charge is 0.507 e. The number of hydrogen-bond donors (Lipinski definition) is 2. The summed E-state index contributed by atoms with van der Waals surface area (Å²) in [5, 5.41) is 9.70. The predicted octanol–water partition coefficient (Wildman–Crippen LogP) is 3.43. The average Bonchev–Trinajstić information content (AvgIpc) is 2.36. The van der Waals surface area contributed by atoms with Gasteiger partial charge in [-0.3, -0.25) is 9.35 Å². The van der Waals surface area contributed by atoms with Crippen molar-refractivity contribution in [3.8, 4) is 5.75 Å². The number of benzene rings is 1. The van der Waals surface area contributed by atoms with Crippen molar-refractivity contribution in [3.05, 3.63) is 23.8 Å². The van der Waals surface area contributed by atoms with Gasteiger partial charge in [0, 0.05) is 6.42 Å². The van der Waals surface area contributed by atoms with Crippen LogP contribution in [0.4, 0.5) is 0 Å². The van der Waals surface area contributed by atoms with Gasteiger partial charge in [0.25, 0.3) is 10.1 Å². The van der Waals surface area contributed by atoms with E-state index >= 15 is 0 Å². The smallest absolute Gasteiger partial charge is 0.295 e. The van der Waals surface area contributed by atoms with Crippen LogP contribution in [0, 0.1) is 5.92 Å². The zero-order chi connectivity index (χ0) is 16.0. The van der Waals surface area contributed by atoms with Crippen molar-refractivity contribution in [2.24, 2.45) is 5.92 Å². The van der Waals surface area contributed by atoms with Gasteiger partial charge in [-0.05, 0) is 24.5 Å². The van der Waals surface area contributed by atoms with Crippen LogP contribution in [0.25, 0.3) is 0 Å². The first-order chi connectivity index (χ1) is 9.73. The molecular formula is C15H22O5S. The van der Waals surface area contributed by atoms with Crippen molar-refractivity contribution < 1.29 is 22.9 Å². The lowest BCUT2D eigenvalue weighted by Crippen LogP contribution is -2.09. The molecule has 0 heterocycles. The number of phenols is 1. The van der Waals surface area contributed by atoms with Crippen LogP contribution in [0.5, 0.6) is 5.75 Å². The summed E-state index contributed by atoms with van der Waals surface area (Å²) in [6.07, 6.45) is 3.75. The highest BCUT2D eigenvalue weighted by molar-refractivity contribution is 7.86. The highest BCUT2D eigenvalue weighted by Crippen LogP contribution is 2.27. The molecule has 1 aromatic rings. The summed E-state index contributed by atoms with van der Waals surface area (Å²) in [5.74, 6) is -0.271. The van der Waals surface area contributed by atoms with Crippen molar-refractivity contribution in [2.75, 3.05) is 0 Å². The minimum Gasteiger partial charge on any atom is -0.507 e. The van der Waals surface area contributed by atoms with Crippen molar-refractivity contribution in [2.45, 2.75) is 50.8 Å². The first-order valence-corrected chi connectivity index (χ1v) is 8.50. The number of aromatic hydroxyl groups is 1. The Balaban J connectivity index is 2.75. The molecule has 0 aliphatic heterocycles. The maximum atomic E-state index is 12.1. The van der Waals surface area contributed by atoms with Gasteiger partial charge in [-0.1, -0.05) is 39.2 Å². The minimum atomic E-state index is -4.53. The summed E-state index contributed by atoms with van der Waals surface area (Å²) >= 11 is 0. The van der Waals surface area contributed by atoms with Crippen molar-refractivity contribution in [3.63, 3.8) is 0 Å². The van der Waals surface area contributed by atoms with E-state index in [0.29, 0.717) is 12.3 Å². The number of ketones is 1. The molecule has 0 aromatic heterocycles. The second-order valence-corrected chi connectivity index (χ2v) is 6.93. The van der Waals surface area contributed by atoms with Crippen LogP contribution in [0.3, 0.4) is 0 Å². The summed E-state index contributed by atoms with van der Waals surface area (Å²) in [7, 11) is -4.53. The molecule has 0 radical (unpaired) electrons. The standard InChI is InChI=1S/C15H22O5S/c1-11(2)7-4-3-5-8-12(16)15-13(17)9-6-10-14(15)21(18,19)20/h6,9-11,17H,3-5,7-8H2,1-2H3,(H,18,19,20). The molecule has 0 spiro atoms. The Bertz CT molecular complexity index is 590. The third-order valence-corrected chi connectivity index (χ3v) is 4.14. The third-order valence-electron chi connectivity index (χ3n) is 3.25. The molecule has 0 aliphatic rings. The first-order valence-electron chi connectivity index (χ1n) is 7.06. The number of Topliss-reactive ketones (excluding diaryl/α,β-unsaturated/α-hetero) is 1. The Morgan fingerprint density at radius 1 is 1.19 bits per heavy atom. The summed E-state index contributed by atoms with van der Waals surface area (Å²) in [5.41, 5.74) is -0.316. The molecule has 0 fully saturated rings. The summed E-state index contributed by atoms with van der Waals surface area (Å²) < 4.78 is 31.6. The number of carbonyl (C=O) groups excluding carboxylic acids is 1. The van der Waals surface area contributed by atoms with E-state index < -0.39 is 26.5 Å². The Kier molecular flexibility index (Phi) is 6.36. The molecule has 118 valence electrons. The van der Waals surface area contributed by atoms with Gasteiger partial charge in [0.1, 0.15) is 10.6 Å². The van der Waals surface area contributed by atoms with Gasteiger partial charge in [-0.15, -0.1) is 0 Å². The van der Waals surface area contributed by atoms with Crippen molar-refractivity contribution in [1.29, 1.82) is 0 Å². The molecule has 1 aromatic carbocycles. The Morgan fingerprint density at radius 3 is 2.43 bits per heavy atom. The quantitative estimate of drug-likeness (QED) is 0.436. The van der Waals surface area contributed by atoms with Crippen molar-refractivity contribution in [1.82, 2.24) is 0 Å². The molecule has 6 heteroatoms. The molecule has 0 aliphatic carbocycles. The molecule has 21 heavy (non-hydrogen) atoms. The fourth-order valence-corrected chi connectivity index (χ4v) is 2.88. The van der Waals surface area contributed by atoms with E-state index in [2.05, 4.69) is 13.8 Å². The van der Waals surface area contributed by atoms with Gasteiger partial charge in [-0.2, -0.15) is 8.42 Å². The van der Waals surface area contributed by atoms with Crippen molar-refractivity contribution >= 4 is 15.9 Å². The van der Waals surface area contributed by atoms with Crippen LogP contribution >= 0.6 is 0 Å². The maximum Gasteiger partial charge on any atom is 0.295 e. The fourth-order valence-electron chi connectivity index (χ4n) is 2.15. The van der Waals surface area contributed by atoms with E-state index in [1.165, 1.54) is 12.1 Å². The zero-order valence-electron chi connectivity index (χ0n) is 12.4. The number of rotatable bonds is 8. The molecule has 0 unspecified atom stereocenters. The molecule has 0 atom stereocenters. The van der Waals surface area contributed by atoms with E-state index in [1.54, 1.807) is 0 Å². The monoisotopic (exact) mass is 314 g/mol. The Hall–Kier alpha value is -1.40. The second-order valence-electron chi connectivity index (χ2n) is 5.54. The summed E-state index contributed by atoms with van der Waals surface area (Å²) in [6.45, 7) is 4.26. The molecule has 0 bridgehead atoms. The van der Waals surface area contributed by atoms with Crippen LogP contribution in [0.1, 0.15) is 56.3 Å². The molecule has 0 amide bonds. The van der Waals surface area contributed by atoms with Crippen LogP contribution < -0.4 is 0 Å². The van der Waals surface area contributed by atoms with Crippen LogP contribution in [-0.2, 0) is 10.1 Å². The number of hydrogen-bond acceptors (Lipinski definition) is 4. The minimum absolute atomic E-state index is 0.151. The van der Waals surface area contributed by atoms with Gasteiger partial charge in [0.15, 0.2) is 5.78 Å².